The summed E-state index contributed by atoms with van der Waals surface area (Å²) in [5, 5.41) is 3.56. The molecule has 0 radical (unpaired) electrons. The van der Waals surface area contributed by atoms with E-state index in [0.29, 0.717) is 22.9 Å². The number of aromatic nitrogens is 1. The van der Waals surface area contributed by atoms with Gasteiger partial charge in [0.25, 0.3) is 0 Å². The Balaban J connectivity index is 0.00000133. The van der Waals surface area contributed by atoms with Crippen LogP contribution >= 0.6 is 0 Å². The van der Waals surface area contributed by atoms with Crippen LogP contribution in [0.4, 0.5) is 5.69 Å². The molecule has 34 heavy (non-hydrogen) atoms. The third kappa shape index (κ3) is 4.45. The molecule has 0 saturated carbocycles. The average Bonchev–Trinajstić information content (AvgIpc) is 2.89. The SMILES string of the molecule is CC.CCNC1CCN(c2ccc(-c3c4oc5ccccc5nc-4c(C)c(C)c3=O)cc2)CC1. The lowest BCUT2D eigenvalue weighted by molar-refractivity contribution is 0.424. The molecule has 0 bridgehead atoms. The zero-order valence-corrected chi connectivity index (χ0v) is 20.9. The monoisotopic (exact) mass is 457 g/mol. The van der Waals surface area contributed by atoms with Crippen LogP contribution in [-0.4, -0.2) is 30.7 Å². The fourth-order valence-corrected chi connectivity index (χ4v) is 4.76. The Morgan fingerprint density at radius 1 is 1.00 bits per heavy atom. The Bertz CT molecular complexity index is 1290. The fraction of sp³-hybridized carbons (Fsp3) is 0.379. The summed E-state index contributed by atoms with van der Waals surface area (Å²) in [6, 6.07) is 16.6. The zero-order valence-electron chi connectivity index (χ0n) is 20.9. The minimum Gasteiger partial charge on any atom is -0.452 e. The van der Waals surface area contributed by atoms with Gasteiger partial charge in [-0.25, -0.2) is 4.98 Å². The van der Waals surface area contributed by atoms with Crippen molar-refractivity contribution < 1.29 is 4.42 Å². The van der Waals surface area contributed by atoms with Crippen molar-refractivity contribution in [2.75, 3.05) is 24.5 Å². The maximum atomic E-state index is 13.3. The van der Waals surface area contributed by atoms with Gasteiger partial charge in [-0.15, -0.1) is 0 Å². The largest absolute Gasteiger partial charge is 0.452 e. The number of rotatable bonds is 4. The Morgan fingerprint density at radius 2 is 1.68 bits per heavy atom. The van der Waals surface area contributed by atoms with Gasteiger partial charge in [0.1, 0.15) is 11.2 Å². The van der Waals surface area contributed by atoms with Crippen LogP contribution in [0.25, 0.3) is 33.7 Å². The van der Waals surface area contributed by atoms with Crippen LogP contribution < -0.4 is 15.6 Å². The van der Waals surface area contributed by atoms with Crippen molar-refractivity contribution in [3.05, 3.63) is 69.9 Å². The zero-order chi connectivity index (χ0) is 24.2. The van der Waals surface area contributed by atoms with E-state index in [4.69, 9.17) is 9.40 Å². The van der Waals surface area contributed by atoms with Gasteiger partial charge >= 0.3 is 0 Å². The molecular weight excluding hydrogens is 422 g/mol. The first kappa shape index (κ1) is 24.0. The highest BCUT2D eigenvalue weighted by Gasteiger charge is 2.24. The van der Waals surface area contributed by atoms with Crippen molar-refractivity contribution in [1.29, 1.82) is 0 Å². The van der Waals surface area contributed by atoms with E-state index in [1.807, 2.05) is 64.1 Å². The Labute approximate surface area is 202 Å². The van der Waals surface area contributed by atoms with E-state index in [2.05, 4.69) is 29.3 Å². The maximum absolute atomic E-state index is 13.3. The van der Waals surface area contributed by atoms with E-state index >= 15 is 0 Å². The minimum absolute atomic E-state index is 0.00929. The van der Waals surface area contributed by atoms with Crippen molar-refractivity contribution in [1.82, 2.24) is 10.3 Å². The van der Waals surface area contributed by atoms with Crippen LogP contribution in [0.15, 0.2) is 57.7 Å². The average molecular weight is 458 g/mol. The summed E-state index contributed by atoms with van der Waals surface area (Å²) in [5.41, 5.74) is 6.51. The summed E-state index contributed by atoms with van der Waals surface area (Å²) >= 11 is 0. The van der Waals surface area contributed by atoms with Crippen molar-refractivity contribution in [2.24, 2.45) is 0 Å². The number of nitrogens with zero attached hydrogens (tertiary/aromatic N) is 2. The predicted octanol–water partition coefficient (Wildman–Crippen LogP) is 6.18. The molecule has 2 aliphatic heterocycles. The third-order valence-corrected chi connectivity index (χ3v) is 6.75. The van der Waals surface area contributed by atoms with E-state index in [9.17, 15) is 4.79 Å². The number of nitrogens with one attached hydrogen (secondary N) is 1. The number of fused-ring (bicyclic) bond motifs is 2. The fourth-order valence-electron chi connectivity index (χ4n) is 4.76. The lowest BCUT2D eigenvalue weighted by atomic mass is 9.93. The third-order valence-electron chi connectivity index (χ3n) is 6.75. The van der Waals surface area contributed by atoms with Crippen LogP contribution in [-0.2, 0) is 0 Å². The summed E-state index contributed by atoms with van der Waals surface area (Å²) in [7, 11) is 0. The van der Waals surface area contributed by atoms with Crippen molar-refractivity contribution in [2.45, 2.75) is 53.5 Å². The number of hydrogen-bond acceptors (Lipinski definition) is 5. The molecule has 2 heterocycles. The maximum Gasteiger partial charge on any atom is 0.193 e. The topological polar surface area (TPSA) is 58.4 Å². The quantitative estimate of drug-likeness (QED) is 0.371. The summed E-state index contributed by atoms with van der Waals surface area (Å²) < 4.78 is 6.25. The van der Waals surface area contributed by atoms with E-state index in [1.54, 1.807) is 0 Å². The molecule has 1 fully saturated rings. The molecule has 5 nitrogen and oxygen atoms in total. The number of anilines is 1. The lowest BCUT2D eigenvalue weighted by Gasteiger charge is -2.34. The molecule has 0 unspecified atom stereocenters. The second kappa shape index (κ2) is 10.4. The van der Waals surface area contributed by atoms with Gasteiger partial charge in [0, 0.05) is 30.4 Å². The molecule has 0 amide bonds. The smallest absolute Gasteiger partial charge is 0.193 e. The molecule has 1 N–H and O–H groups in total. The molecule has 3 aliphatic rings. The van der Waals surface area contributed by atoms with Gasteiger partial charge in [0.05, 0.1) is 5.56 Å². The highest BCUT2D eigenvalue weighted by Crippen LogP contribution is 2.36. The van der Waals surface area contributed by atoms with Gasteiger partial charge in [0.15, 0.2) is 16.8 Å². The van der Waals surface area contributed by atoms with Gasteiger partial charge in [-0.3, -0.25) is 4.79 Å². The van der Waals surface area contributed by atoms with E-state index in [1.165, 1.54) is 5.69 Å². The lowest BCUT2D eigenvalue weighted by Crippen LogP contribution is -2.42. The van der Waals surface area contributed by atoms with Gasteiger partial charge in [0.2, 0.25) is 0 Å². The highest BCUT2D eigenvalue weighted by molar-refractivity contribution is 5.86. The summed E-state index contributed by atoms with van der Waals surface area (Å²) in [6.07, 6.45) is 2.30. The van der Waals surface area contributed by atoms with Gasteiger partial charge in [-0.2, -0.15) is 0 Å². The van der Waals surface area contributed by atoms with Crippen LogP contribution in [0.5, 0.6) is 0 Å². The van der Waals surface area contributed by atoms with Crippen LogP contribution in [0.1, 0.15) is 44.7 Å². The molecule has 178 valence electrons. The van der Waals surface area contributed by atoms with Crippen LogP contribution in [0.3, 0.4) is 0 Å². The first-order chi connectivity index (χ1) is 16.6. The molecule has 2 aromatic carbocycles. The number of benzene rings is 3. The second-order valence-electron chi connectivity index (χ2n) is 8.68. The minimum atomic E-state index is 0.00929. The molecule has 0 aromatic heterocycles. The molecule has 5 rings (SSSR count). The van der Waals surface area contributed by atoms with Crippen molar-refractivity contribution >= 4 is 16.8 Å². The molecule has 0 spiro atoms. The van der Waals surface area contributed by atoms with Crippen LogP contribution in [0, 0.1) is 13.8 Å². The van der Waals surface area contributed by atoms with E-state index in [-0.39, 0.29) is 5.43 Å². The van der Waals surface area contributed by atoms with E-state index < -0.39 is 0 Å². The molecule has 2 aromatic rings. The summed E-state index contributed by atoms with van der Waals surface area (Å²) in [5.74, 6) is 0.566. The number of para-hydroxylation sites is 2. The summed E-state index contributed by atoms with van der Waals surface area (Å²) in [6.45, 7) is 13.1. The van der Waals surface area contributed by atoms with Crippen molar-refractivity contribution in [3.8, 4) is 22.6 Å². The molecule has 1 aliphatic carbocycles. The Kier molecular flexibility index (Phi) is 7.32. The second-order valence-corrected chi connectivity index (χ2v) is 8.68. The number of piperidine rings is 1. The van der Waals surface area contributed by atoms with Crippen molar-refractivity contribution in [3.63, 3.8) is 0 Å². The van der Waals surface area contributed by atoms with Gasteiger partial charge in [-0.1, -0.05) is 45.0 Å². The number of hydrogen-bond donors (Lipinski definition) is 1. The molecule has 1 saturated heterocycles. The summed E-state index contributed by atoms with van der Waals surface area (Å²) in [4.78, 5) is 20.6. The van der Waals surface area contributed by atoms with Gasteiger partial charge in [-0.05, 0) is 68.6 Å². The molecule has 0 atom stereocenters. The molecule has 5 heteroatoms. The first-order valence-electron chi connectivity index (χ1n) is 12.5. The van der Waals surface area contributed by atoms with E-state index in [0.717, 1.165) is 60.4 Å². The van der Waals surface area contributed by atoms with Crippen LogP contribution in [0.2, 0.25) is 0 Å². The first-order valence-corrected chi connectivity index (χ1v) is 12.5. The predicted molar refractivity (Wildman–Crippen MR) is 142 cm³/mol. The standard InChI is InChI=1S/C27H29N3O2.C2H6/c1-4-28-20-13-15-30(16-14-20)21-11-9-19(10-12-21)24-26(31)18(3)17(2)25-27(24)32-23-8-6-5-7-22(23)29-25;1-2/h5-12,20,28H,4,13-16H2,1-3H3;1-2H3. The molecular formula is C29H35N3O2. The highest BCUT2D eigenvalue weighted by atomic mass is 16.3. The van der Waals surface area contributed by atoms with Gasteiger partial charge < -0.3 is 14.6 Å². The Morgan fingerprint density at radius 3 is 2.35 bits per heavy atom. The Hall–Kier alpha value is -3.18. The normalized spacial score (nSPS) is 14.3.